The van der Waals surface area contributed by atoms with Crippen molar-refractivity contribution in [3.63, 3.8) is 0 Å². The number of anilines is 1. The van der Waals surface area contributed by atoms with Crippen LogP contribution in [0.5, 0.6) is 11.5 Å². The van der Waals surface area contributed by atoms with Gasteiger partial charge in [0.05, 0.1) is 5.25 Å². The molecule has 2 heterocycles. The summed E-state index contributed by atoms with van der Waals surface area (Å²) in [6.45, 7) is 2.82. The summed E-state index contributed by atoms with van der Waals surface area (Å²) in [5.41, 5.74) is 2.09. The van der Waals surface area contributed by atoms with Crippen LogP contribution < -0.4 is 14.8 Å². The zero-order chi connectivity index (χ0) is 22.8. The first kappa shape index (κ1) is 21.2. The van der Waals surface area contributed by atoms with Gasteiger partial charge in [-0.1, -0.05) is 36.0 Å². The molecule has 166 valence electrons. The van der Waals surface area contributed by atoms with E-state index in [0.29, 0.717) is 41.1 Å². The van der Waals surface area contributed by atoms with E-state index < -0.39 is 5.25 Å². The highest BCUT2D eigenvalue weighted by Gasteiger charge is 2.20. The van der Waals surface area contributed by atoms with Gasteiger partial charge >= 0.3 is 0 Å². The van der Waals surface area contributed by atoms with Crippen LogP contribution in [0.1, 0.15) is 6.92 Å². The minimum Gasteiger partial charge on any atom is -0.486 e. The molecule has 0 aliphatic carbocycles. The van der Waals surface area contributed by atoms with Crippen molar-refractivity contribution in [3.8, 4) is 22.8 Å². The lowest BCUT2D eigenvalue weighted by Crippen LogP contribution is -2.23. The van der Waals surface area contributed by atoms with Gasteiger partial charge in [0.15, 0.2) is 11.5 Å². The minimum absolute atomic E-state index is 0.162. The maximum absolute atomic E-state index is 13.3. The molecule has 4 aromatic rings. The molecule has 0 saturated carbocycles. The summed E-state index contributed by atoms with van der Waals surface area (Å²) in [4.78, 5) is 12.9. The Morgan fingerprint density at radius 2 is 1.70 bits per heavy atom. The molecule has 0 spiro atoms. The molecule has 6 nitrogen and oxygen atoms in total. The molecule has 8 heteroatoms. The molecule has 0 fully saturated rings. The molecule has 1 amide bonds. The quantitative estimate of drug-likeness (QED) is 0.405. The second-order valence-corrected chi connectivity index (χ2v) is 8.84. The van der Waals surface area contributed by atoms with Crippen LogP contribution >= 0.6 is 11.8 Å². The smallest absolute Gasteiger partial charge is 0.237 e. The van der Waals surface area contributed by atoms with Gasteiger partial charge in [0, 0.05) is 28.1 Å². The number of nitrogens with one attached hydrogen (secondary N) is 1. The van der Waals surface area contributed by atoms with E-state index in [0.717, 1.165) is 16.3 Å². The lowest BCUT2D eigenvalue weighted by Gasteiger charge is -2.19. The molecule has 5 rings (SSSR count). The van der Waals surface area contributed by atoms with Crippen LogP contribution in [0.3, 0.4) is 0 Å². The lowest BCUT2D eigenvalue weighted by atomic mass is 10.1. The van der Waals surface area contributed by atoms with E-state index in [2.05, 4.69) is 15.5 Å². The van der Waals surface area contributed by atoms with Gasteiger partial charge in [-0.05, 0) is 43.3 Å². The molecular weight excluding hydrogens is 441 g/mol. The largest absolute Gasteiger partial charge is 0.486 e. The predicted molar refractivity (Wildman–Crippen MR) is 126 cm³/mol. The van der Waals surface area contributed by atoms with Gasteiger partial charge in [0.2, 0.25) is 5.91 Å². The Hall–Kier alpha value is -3.65. The molecule has 3 aromatic carbocycles. The maximum atomic E-state index is 13.3. The minimum atomic E-state index is -0.424. The number of aromatic nitrogens is 2. The highest BCUT2D eigenvalue weighted by atomic mass is 32.2. The number of halogens is 1. The fraction of sp³-hybridized carbons (Fsp3) is 0.160. The van der Waals surface area contributed by atoms with Crippen LogP contribution in [-0.4, -0.2) is 34.6 Å². The Labute approximate surface area is 194 Å². The standard InChI is InChI=1S/C25H20FN3O3S/c1-15(24(30)27-18-10-11-21-22(14-18)32-13-12-31-21)33-25-20-5-3-2-4-19(20)23(28-29-25)16-6-8-17(26)9-7-16/h2-11,14-15H,12-13H2,1H3,(H,27,30). The molecule has 33 heavy (non-hydrogen) atoms. The number of benzene rings is 3. The zero-order valence-corrected chi connectivity index (χ0v) is 18.6. The van der Waals surface area contributed by atoms with Crippen molar-refractivity contribution >= 4 is 34.1 Å². The van der Waals surface area contributed by atoms with Crippen molar-refractivity contribution in [3.05, 3.63) is 72.5 Å². The highest BCUT2D eigenvalue weighted by Crippen LogP contribution is 2.35. The Morgan fingerprint density at radius 3 is 2.48 bits per heavy atom. The Morgan fingerprint density at radius 1 is 0.970 bits per heavy atom. The van der Waals surface area contributed by atoms with E-state index in [-0.39, 0.29) is 11.7 Å². The first-order chi connectivity index (χ1) is 16.1. The zero-order valence-electron chi connectivity index (χ0n) is 17.7. The van der Waals surface area contributed by atoms with Crippen molar-refractivity contribution in [1.29, 1.82) is 0 Å². The summed E-state index contributed by atoms with van der Waals surface area (Å²) in [7, 11) is 0. The SMILES string of the molecule is CC(Sc1nnc(-c2ccc(F)cc2)c2ccccc12)C(=O)Nc1ccc2c(c1)OCCO2. The molecule has 1 N–H and O–H groups in total. The molecule has 1 aliphatic heterocycles. The van der Waals surface area contributed by atoms with Gasteiger partial charge in [-0.3, -0.25) is 4.79 Å². The molecular formula is C25H20FN3O3S. The third-order valence-electron chi connectivity index (χ3n) is 5.24. The Kier molecular flexibility index (Phi) is 5.83. The molecule has 1 atom stereocenters. The first-order valence-electron chi connectivity index (χ1n) is 10.5. The van der Waals surface area contributed by atoms with Crippen molar-refractivity contribution in [2.24, 2.45) is 0 Å². The summed E-state index contributed by atoms with van der Waals surface area (Å²) in [5.74, 6) is 0.823. The molecule has 1 aliphatic rings. The number of rotatable bonds is 5. The van der Waals surface area contributed by atoms with Crippen LogP contribution in [0.15, 0.2) is 71.8 Å². The second-order valence-electron chi connectivity index (χ2n) is 7.51. The van der Waals surface area contributed by atoms with E-state index in [1.165, 1.54) is 23.9 Å². The van der Waals surface area contributed by atoms with Crippen LogP contribution in [0.4, 0.5) is 10.1 Å². The van der Waals surface area contributed by atoms with E-state index in [9.17, 15) is 9.18 Å². The summed E-state index contributed by atoms with van der Waals surface area (Å²) >= 11 is 1.33. The molecule has 1 aromatic heterocycles. The number of amides is 1. The van der Waals surface area contributed by atoms with Crippen molar-refractivity contribution in [2.75, 3.05) is 18.5 Å². The van der Waals surface area contributed by atoms with Gasteiger partial charge in [0.25, 0.3) is 0 Å². The number of carbonyl (C=O) groups excluding carboxylic acids is 1. The highest BCUT2D eigenvalue weighted by molar-refractivity contribution is 8.00. The second kappa shape index (κ2) is 9.07. The monoisotopic (exact) mass is 461 g/mol. The number of ether oxygens (including phenoxy) is 2. The van der Waals surface area contributed by atoms with Crippen molar-refractivity contribution in [2.45, 2.75) is 17.2 Å². The van der Waals surface area contributed by atoms with Gasteiger partial charge in [-0.15, -0.1) is 10.2 Å². The fourth-order valence-electron chi connectivity index (χ4n) is 3.57. The lowest BCUT2D eigenvalue weighted by molar-refractivity contribution is -0.115. The number of hydrogen-bond donors (Lipinski definition) is 1. The summed E-state index contributed by atoms with van der Waals surface area (Å²) in [6, 6.07) is 19.2. The third-order valence-corrected chi connectivity index (χ3v) is 6.33. The van der Waals surface area contributed by atoms with Crippen LogP contribution in [0.2, 0.25) is 0 Å². The number of hydrogen-bond acceptors (Lipinski definition) is 6. The Balaban J connectivity index is 1.37. The number of fused-ring (bicyclic) bond motifs is 2. The summed E-state index contributed by atoms with van der Waals surface area (Å²) < 4.78 is 24.5. The van der Waals surface area contributed by atoms with Crippen LogP contribution in [0, 0.1) is 5.82 Å². The van der Waals surface area contributed by atoms with Crippen LogP contribution in [-0.2, 0) is 4.79 Å². The van der Waals surface area contributed by atoms with E-state index in [1.807, 2.05) is 31.2 Å². The fourth-order valence-corrected chi connectivity index (χ4v) is 4.47. The number of carbonyl (C=O) groups is 1. The number of nitrogens with zero attached hydrogens (tertiary/aromatic N) is 2. The molecule has 0 bridgehead atoms. The van der Waals surface area contributed by atoms with Gasteiger partial charge in [0.1, 0.15) is 29.8 Å². The summed E-state index contributed by atoms with van der Waals surface area (Å²) in [6.07, 6.45) is 0. The van der Waals surface area contributed by atoms with E-state index in [4.69, 9.17) is 9.47 Å². The van der Waals surface area contributed by atoms with Crippen molar-refractivity contribution in [1.82, 2.24) is 10.2 Å². The average Bonchev–Trinajstić information content (AvgIpc) is 2.85. The number of thioether (sulfide) groups is 1. The molecule has 0 saturated heterocycles. The predicted octanol–water partition coefficient (Wildman–Crippen LogP) is 5.33. The summed E-state index contributed by atoms with van der Waals surface area (Å²) in [5, 5.41) is 13.7. The third kappa shape index (κ3) is 4.47. The normalized spacial score (nSPS) is 13.5. The Bertz CT molecular complexity index is 1330. The average molecular weight is 462 g/mol. The van der Waals surface area contributed by atoms with Gasteiger partial charge < -0.3 is 14.8 Å². The van der Waals surface area contributed by atoms with Gasteiger partial charge in [-0.25, -0.2) is 4.39 Å². The molecule has 1 unspecified atom stereocenters. The topological polar surface area (TPSA) is 73.3 Å². The first-order valence-corrected chi connectivity index (χ1v) is 11.3. The van der Waals surface area contributed by atoms with Crippen LogP contribution in [0.25, 0.3) is 22.0 Å². The van der Waals surface area contributed by atoms with Gasteiger partial charge in [-0.2, -0.15) is 0 Å². The molecule has 0 radical (unpaired) electrons. The van der Waals surface area contributed by atoms with E-state index >= 15 is 0 Å². The maximum Gasteiger partial charge on any atom is 0.237 e. The van der Waals surface area contributed by atoms with Crippen molar-refractivity contribution < 1.29 is 18.7 Å². The van der Waals surface area contributed by atoms with E-state index in [1.54, 1.807) is 30.3 Å².